The van der Waals surface area contributed by atoms with Crippen LogP contribution in [0.2, 0.25) is 0 Å². The predicted molar refractivity (Wildman–Crippen MR) is 81.2 cm³/mol. The third kappa shape index (κ3) is 2.89. The van der Waals surface area contributed by atoms with Crippen molar-refractivity contribution in [2.75, 3.05) is 13.2 Å². The van der Waals surface area contributed by atoms with Crippen LogP contribution in [0.3, 0.4) is 0 Å². The number of benzene rings is 2. The van der Waals surface area contributed by atoms with Crippen LogP contribution < -0.4 is 14.9 Å². The smallest absolute Gasteiger partial charge is 0.488 e. The minimum atomic E-state index is -1.45. The summed E-state index contributed by atoms with van der Waals surface area (Å²) in [7, 11) is -1.45. The van der Waals surface area contributed by atoms with E-state index in [-0.39, 0.29) is 5.92 Å². The number of aryl methyl sites for hydroxylation is 1. The average molecular weight is 284 g/mol. The molecule has 0 saturated heterocycles. The Bertz CT molecular complexity index is 642. The highest BCUT2D eigenvalue weighted by atomic mass is 16.5. The Labute approximate surface area is 124 Å². The van der Waals surface area contributed by atoms with Crippen LogP contribution in [-0.2, 0) is 0 Å². The molecule has 1 heterocycles. The van der Waals surface area contributed by atoms with Gasteiger partial charge in [-0.05, 0) is 30.1 Å². The number of fused-ring (bicyclic) bond motifs is 1. The number of hydrogen-bond donors (Lipinski definition) is 2. The Morgan fingerprint density at radius 2 is 2.05 bits per heavy atom. The van der Waals surface area contributed by atoms with Crippen LogP contribution >= 0.6 is 0 Å². The van der Waals surface area contributed by atoms with E-state index in [2.05, 4.69) is 6.07 Å². The third-order valence-corrected chi connectivity index (χ3v) is 3.74. The first-order valence-electron chi connectivity index (χ1n) is 6.96. The second-order valence-electron chi connectivity index (χ2n) is 5.26. The molecule has 4 nitrogen and oxygen atoms in total. The zero-order valence-corrected chi connectivity index (χ0v) is 11.8. The fourth-order valence-electron chi connectivity index (χ4n) is 2.55. The van der Waals surface area contributed by atoms with Gasteiger partial charge in [-0.2, -0.15) is 0 Å². The number of rotatable bonds is 4. The molecule has 5 heteroatoms. The van der Waals surface area contributed by atoms with Gasteiger partial charge in [0.15, 0.2) is 0 Å². The number of hydrogen-bond acceptors (Lipinski definition) is 4. The molecule has 2 aromatic carbocycles. The predicted octanol–water partition coefficient (Wildman–Crippen LogP) is 1.23. The summed E-state index contributed by atoms with van der Waals surface area (Å²) < 4.78 is 11.5. The van der Waals surface area contributed by atoms with Crippen molar-refractivity contribution in [1.82, 2.24) is 0 Å². The molecule has 2 N–H and O–H groups in total. The van der Waals surface area contributed by atoms with E-state index in [1.807, 2.05) is 25.1 Å². The molecule has 0 bridgehead atoms. The Morgan fingerprint density at radius 3 is 2.81 bits per heavy atom. The SMILES string of the molecule is Cc1cc(B(O)O)ccc1OCC1COc2ccccc21. The van der Waals surface area contributed by atoms with Crippen LogP contribution in [0.1, 0.15) is 17.0 Å². The minimum absolute atomic E-state index is 0.226. The molecule has 3 rings (SSSR count). The van der Waals surface area contributed by atoms with Gasteiger partial charge in [-0.3, -0.25) is 0 Å². The minimum Gasteiger partial charge on any atom is -0.493 e. The van der Waals surface area contributed by atoms with E-state index in [1.165, 1.54) is 5.56 Å². The quantitative estimate of drug-likeness (QED) is 0.829. The maximum Gasteiger partial charge on any atom is 0.488 e. The van der Waals surface area contributed by atoms with E-state index in [1.54, 1.807) is 18.2 Å². The second kappa shape index (κ2) is 5.80. The molecule has 1 unspecified atom stereocenters. The fourth-order valence-corrected chi connectivity index (χ4v) is 2.55. The average Bonchev–Trinajstić information content (AvgIpc) is 2.89. The van der Waals surface area contributed by atoms with E-state index in [0.29, 0.717) is 18.7 Å². The normalized spacial score (nSPS) is 16.2. The van der Waals surface area contributed by atoms with Gasteiger partial charge in [-0.1, -0.05) is 30.3 Å². The van der Waals surface area contributed by atoms with Crippen LogP contribution in [0, 0.1) is 6.92 Å². The van der Waals surface area contributed by atoms with Crippen LogP contribution in [0.4, 0.5) is 0 Å². The van der Waals surface area contributed by atoms with Crippen LogP contribution in [0.25, 0.3) is 0 Å². The molecular weight excluding hydrogens is 267 g/mol. The maximum absolute atomic E-state index is 9.15. The standard InChI is InChI=1S/C16H17BO4/c1-11-8-13(17(18)19)6-7-15(11)20-9-12-10-21-16-5-3-2-4-14(12)16/h2-8,12,18-19H,9-10H2,1H3. The molecule has 1 aliphatic heterocycles. The molecule has 0 aromatic heterocycles. The Kier molecular flexibility index (Phi) is 3.86. The summed E-state index contributed by atoms with van der Waals surface area (Å²) in [5, 5.41) is 18.3. The highest BCUT2D eigenvalue weighted by Crippen LogP contribution is 2.33. The van der Waals surface area contributed by atoms with Crippen molar-refractivity contribution < 1.29 is 19.5 Å². The maximum atomic E-state index is 9.15. The van der Waals surface area contributed by atoms with E-state index >= 15 is 0 Å². The molecule has 0 fully saturated rings. The van der Waals surface area contributed by atoms with Gasteiger partial charge >= 0.3 is 7.12 Å². The van der Waals surface area contributed by atoms with E-state index in [4.69, 9.17) is 19.5 Å². The van der Waals surface area contributed by atoms with Crippen molar-refractivity contribution in [1.29, 1.82) is 0 Å². The summed E-state index contributed by atoms with van der Waals surface area (Å²) in [6.45, 7) is 3.06. The molecule has 0 spiro atoms. The molecule has 0 radical (unpaired) electrons. The van der Waals surface area contributed by atoms with Crippen LogP contribution in [-0.4, -0.2) is 30.4 Å². The summed E-state index contributed by atoms with van der Waals surface area (Å²) in [5.41, 5.74) is 2.53. The molecule has 1 atom stereocenters. The van der Waals surface area contributed by atoms with Gasteiger partial charge in [0.1, 0.15) is 11.5 Å². The topological polar surface area (TPSA) is 58.9 Å². The first kappa shape index (κ1) is 14.0. The molecule has 1 aliphatic rings. The van der Waals surface area contributed by atoms with Gasteiger partial charge in [0.25, 0.3) is 0 Å². The Balaban J connectivity index is 1.69. The fraction of sp³-hybridized carbons (Fsp3) is 0.250. The van der Waals surface area contributed by atoms with Crippen molar-refractivity contribution in [3.8, 4) is 11.5 Å². The monoisotopic (exact) mass is 284 g/mol. The zero-order chi connectivity index (χ0) is 14.8. The van der Waals surface area contributed by atoms with Crippen LogP contribution in [0.5, 0.6) is 11.5 Å². The lowest BCUT2D eigenvalue weighted by Gasteiger charge is -2.14. The van der Waals surface area contributed by atoms with Crippen molar-refractivity contribution in [3.63, 3.8) is 0 Å². The zero-order valence-electron chi connectivity index (χ0n) is 11.8. The molecule has 0 aliphatic carbocycles. The van der Waals surface area contributed by atoms with E-state index in [9.17, 15) is 0 Å². The summed E-state index contributed by atoms with van der Waals surface area (Å²) in [6, 6.07) is 13.2. The molecular formula is C16H17BO4. The lowest BCUT2D eigenvalue weighted by Crippen LogP contribution is -2.29. The summed E-state index contributed by atoms with van der Waals surface area (Å²) in [6.07, 6.45) is 0. The van der Waals surface area contributed by atoms with Gasteiger partial charge in [-0.25, -0.2) is 0 Å². The van der Waals surface area contributed by atoms with E-state index in [0.717, 1.165) is 17.1 Å². The highest BCUT2D eigenvalue weighted by molar-refractivity contribution is 6.58. The number of para-hydroxylation sites is 1. The van der Waals surface area contributed by atoms with Crippen molar-refractivity contribution in [2.45, 2.75) is 12.8 Å². The van der Waals surface area contributed by atoms with Gasteiger partial charge < -0.3 is 19.5 Å². The molecule has 0 saturated carbocycles. The first-order chi connectivity index (χ1) is 10.1. The Morgan fingerprint density at radius 1 is 1.24 bits per heavy atom. The third-order valence-electron chi connectivity index (χ3n) is 3.74. The molecule has 2 aromatic rings. The molecule has 0 amide bonds. The summed E-state index contributed by atoms with van der Waals surface area (Å²) >= 11 is 0. The first-order valence-corrected chi connectivity index (χ1v) is 6.96. The van der Waals surface area contributed by atoms with Gasteiger partial charge in [0.2, 0.25) is 0 Å². The summed E-state index contributed by atoms with van der Waals surface area (Å²) in [4.78, 5) is 0. The van der Waals surface area contributed by atoms with Gasteiger partial charge in [-0.15, -0.1) is 0 Å². The Hall–Kier alpha value is -1.98. The second-order valence-corrected chi connectivity index (χ2v) is 5.26. The molecule has 21 heavy (non-hydrogen) atoms. The highest BCUT2D eigenvalue weighted by Gasteiger charge is 2.24. The lowest BCUT2D eigenvalue weighted by molar-refractivity contribution is 0.247. The largest absolute Gasteiger partial charge is 0.493 e. The van der Waals surface area contributed by atoms with Gasteiger partial charge in [0, 0.05) is 5.56 Å². The molecule has 108 valence electrons. The summed E-state index contributed by atoms with van der Waals surface area (Å²) in [5.74, 6) is 1.91. The number of ether oxygens (including phenoxy) is 2. The van der Waals surface area contributed by atoms with Crippen molar-refractivity contribution in [2.24, 2.45) is 0 Å². The lowest BCUT2D eigenvalue weighted by atomic mass is 9.79. The van der Waals surface area contributed by atoms with Crippen molar-refractivity contribution >= 4 is 12.6 Å². The van der Waals surface area contributed by atoms with Crippen molar-refractivity contribution in [3.05, 3.63) is 53.6 Å². The van der Waals surface area contributed by atoms with E-state index < -0.39 is 7.12 Å². The van der Waals surface area contributed by atoms with Crippen LogP contribution in [0.15, 0.2) is 42.5 Å². The van der Waals surface area contributed by atoms with Gasteiger partial charge in [0.05, 0.1) is 19.1 Å².